The summed E-state index contributed by atoms with van der Waals surface area (Å²) < 4.78 is 6.18. The second kappa shape index (κ2) is 9.07. The molecule has 0 amide bonds. The summed E-state index contributed by atoms with van der Waals surface area (Å²) in [5, 5.41) is 36.4. The zero-order chi connectivity index (χ0) is 25.7. The Balaban J connectivity index is 1.53. The molecular formula is C31H27NO5. The Hall–Kier alpha value is -4.13. The maximum Gasteiger partial charge on any atom is 0.197 e. The quantitative estimate of drug-likeness (QED) is 0.289. The van der Waals surface area contributed by atoms with Crippen LogP contribution in [0.4, 0.5) is 0 Å². The number of piperidine rings is 1. The molecule has 186 valence electrons. The number of phenolic OH excluding ortho intramolecular Hbond substituents is 2. The van der Waals surface area contributed by atoms with Gasteiger partial charge in [-0.15, -0.1) is 0 Å². The maximum atomic E-state index is 13.1. The summed E-state index contributed by atoms with van der Waals surface area (Å²) >= 11 is 0. The number of phenols is 2. The molecule has 0 radical (unpaired) electrons. The number of aromatic hydroxyl groups is 2. The summed E-state index contributed by atoms with van der Waals surface area (Å²) in [5.74, 6) is -0.669. The minimum Gasteiger partial charge on any atom is -0.507 e. The lowest BCUT2D eigenvalue weighted by molar-refractivity contribution is 0.0630. The van der Waals surface area contributed by atoms with Crippen molar-refractivity contribution >= 4 is 44.7 Å². The van der Waals surface area contributed by atoms with Crippen molar-refractivity contribution in [1.82, 2.24) is 4.90 Å². The van der Waals surface area contributed by atoms with Gasteiger partial charge in [0.25, 0.3) is 0 Å². The molecule has 6 heteroatoms. The Bertz CT molecular complexity index is 1700. The molecule has 2 heterocycles. The summed E-state index contributed by atoms with van der Waals surface area (Å²) in [6, 6.07) is 20.9. The summed E-state index contributed by atoms with van der Waals surface area (Å²) in [6.07, 6.45) is 3.51. The summed E-state index contributed by atoms with van der Waals surface area (Å²) in [7, 11) is 1.92. The van der Waals surface area contributed by atoms with Crippen LogP contribution in [0.2, 0.25) is 0 Å². The van der Waals surface area contributed by atoms with Gasteiger partial charge in [-0.1, -0.05) is 54.6 Å². The number of likely N-dealkylation sites (tertiary alicyclic amines) is 1. The van der Waals surface area contributed by atoms with Gasteiger partial charge in [0.05, 0.1) is 6.10 Å². The molecule has 5 aromatic rings. The van der Waals surface area contributed by atoms with Crippen LogP contribution in [0.15, 0.2) is 75.9 Å². The number of β-amino-alcohol motifs (C(OH)–C–C–N with tert-alkyl or cyclic N) is 1. The molecule has 4 aromatic carbocycles. The third kappa shape index (κ3) is 4.04. The van der Waals surface area contributed by atoms with Crippen molar-refractivity contribution in [1.29, 1.82) is 0 Å². The van der Waals surface area contributed by atoms with Gasteiger partial charge in [0.2, 0.25) is 0 Å². The smallest absolute Gasteiger partial charge is 0.197 e. The van der Waals surface area contributed by atoms with Gasteiger partial charge in [-0.3, -0.25) is 4.79 Å². The number of hydrogen-bond donors (Lipinski definition) is 3. The zero-order valence-corrected chi connectivity index (χ0v) is 20.4. The van der Waals surface area contributed by atoms with Crippen LogP contribution in [-0.2, 0) is 0 Å². The standard InChI is InChI=1S/C31H27NO5/c1-32-13-12-24(28(36)17-32)29-26(34)16-27(35)30-25(33)15-20(37-31(29)30)10-11-23-21-8-4-2-6-18(21)14-19-7-3-5-9-22(19)23/h2-11,14-16,24,28,34-36H,12-13,17H2,1H3/b11-10+/t24-,28+/m0/s1. The van der Waals surface area contributed by atoms with Crippen LogP contribution in [0.5, 0.6) is 11.5 Å². The molecule has 2 atom stereocenters. The van der Waals surface area contributed by atoms with E-state index in [0.29, 0.717) is 24.3 Å². The highest BCUT2D eigenvalue weighted by atomic mass is 16.3. The first kappa shape index (κ1) is 23.3. The van der Waals surface area contributed by atoms with Crippen LogP contribution in [0.1, 0.15) is 29.2 Å². The lowest BCUT2D eigenvalue weighted by Gasteiger charge is -2.34. The minimum atomic E-state index is -0.746. The molecule has 1 aromatic heterocycles. The van der Waals surface area contributed by atoms with Crippen molar-refractivity contribution in [3.63, 3.8) is 0 Å². The number of fused-ring (bicyclic) bond motifs is 3. The summed E-state index contributed by atoms with van der Waals surface area (Å²) in [4.78, 5) is 15.1. The van der Waals surface area contributed by atoms with Gasteiger partial charge in [0, 0.05) is 30.2 Å². The Morgan fingerprint density at radius 2 is 1.59 bits per heavy atom. The van der Waals surface area contributed by atoms with Crippen molar-refractivity contribution in [3.8, 4) is 11.5 Å². The second-order valence-corrected chi connectivity index (χ2v) is 9.84. The molecule has 0 aliphatic carbocycles. The molecule has 0 unspecified atom stereocenters. The SMILES string of the molecule is CN1CC[C@H](c2c(O)cc(O)c3c(=O)cc(/C=C/c4c5ccccc5cc5ccccc45)oc23)[C@H](O)C1. The van der Waals surface area contributed by atoms with E-state index in [4.69, 9.17) is 4.42 Å². The molecule has 3 N–H and O–H groups in total. The molecule has 1 saturated heterocycles. The van der Waals surface area contributed by atoms with Gasteiger partial charge in [-0.2, -0.15) is 0 Å². The van der Waals surface area contributed by atoms with Gasteiger partial charge in [-0.05, 0) is 59.3 Å². The Kier molecular flexibility index (Phi) is 5.71. The zero-order valence-electron chi connectivity index (χ0n) is 20.4. The van der Waals surface area contributed by atoms with Crippen molar-refractivity contribution < 1.29 is 19.7 Å². The van der Waals surface area contributed by atoms with Crippen LogP contribution in [-0.4, -0.2) is 46.5 Å². The highest BCUT2D eigenvalue weighted by molar-refractivity contribution is 6.07. The third-order valence-electron chi connectivity index (χ3n) is 7.40. The third-order valence-corrected chi connectivity index (χ3v) is 7.40. The van der Waals surface area contributed by atoms with E-state index in [-0.39, 0.29) is 22.5 Å². The molecule has 0 saturated carbocycles. The van der Waals surface area contributed by atoms with E-state index in [0.717, 1.165) is 39.7 Å². The molecule has 6 nitrogen and oxygen atoms in total. The van der Waals surface area contributed by atoms with Gasteiger partial charge in [0.15, 0.2) is 5.43 Å². The van der Waals surface area contributed by atoms with E-state index in [1.807, 2.05) is 42.3 Å². The fraction of sp³-hybridized carbons (Fsp3) is 0.194. The molecule has 1 aliphatic heterocycles. The first-order valence-electron chi connectivity index (χ1n) is 12.4. The van der Waals surface area contributed by atoms with Crippen LogP contribution in [0.25, 0.3) is 44.7 Å². The Morgan fingerprint density at radius 1 is 0.919 bits per heavy atom. The van der Waals surface area contributed by atoms with Gasteiger partial charge in [-0.25, -0.2) is 0 Å². The number of hydrogen-bond acceptors (Lipinski definition) is 6. The molecule has 6 rings (SSSR count). The number of nitrogens with zero attached hydrogens (tertiary/aromatic N) is 1. The predicted molar refractivity (Wildman–Crippen MR) is 147 cm³/mol. The second-order valence-electron chi connectivity index (χ2n) is 9.84. The topological polar surface area (TPSA) is 94.1 Å². The number of likely N-dealkylation sites (N-methyl/N-ethyl adjacent to an activating group) is 1. The summed E-state index contributed by atoms with van der Waals surface area (Å²) in [6.45, 7) is 1.16. The lowest BCUT2D eigenvalue weighted by Crippen LogP contribution is -2.40. The highest BCUT2D eigenvalue weighted by Gasteiger charge is 2.32. The van der Waals surface area contributed by atoms with Crippen molar-refractivity contribution in [2.75, 3.05) is 20.1 Å². The molecule has 0 spiro atoms. The Labute approximate surface area is 213 Å². The average Bonchev–Trinajstić information content (AvgIpc) is 2.87. The van der Waals surface area contributed by atoms with Gasteiger partial charge >= 0.3 is 0 Å². The molecule has 1 aliphatic rings. The normalized spacial score (nSPS) is 18.9. The highest BCUT2D eigenvalue weighted by Crippen LogP contribution is 2.42. The molecular weight excluding hydrogens is 466 g/mol. The molecule has 1 fully saturated rings. The first-order chi connectivity index (χ1) is 17.9. The van der Waals surface area contributed by atoms with Gasteiger partial charge < -0.3 is 24.6 Å². The largest absolute Gasteiger partial charge is 0.507 e. The maximum absolute atomic E-state index is 13.1. The summed E-state index contributed by atoms with van der Waals surface area (Å²) in [5.41, 5.74) is 1.06. The monoisotopic (exact) mass is 493 g/mol. The van der Waals surface area contributed by atoms with Crippen molar-refractivity contribution in [3.05, 3.63) is 93.8 Å². The average molecular weight is 494 g/mol. The number of aliphatic hydroxyl groups excluding tert-OH is 1. The van der Waals surface area contributed by atoms with E-state index in [1.165, 1.54) is 6.07 Å². The van der Waals surface area contributed by atoms with E-state index >= 15 is 0 Å². The van der Waals surface area contributed by atoms with E-state index < -0.39 is 17.5 Å². The minimum absolute atomic E-state index is 0.00619. The van der Waals surface area contributed by atoms with Crippen molar-refractivity contribution in [2.24, 2.45) is 0 Å². The van der Waals surface area contributed by atoms with E-state index in [1.54, 1.807) is 6.08 Å². The van der Waals surface area contributed by atoms with E-state index in [9.17, 15) is 20.1 Å². The fourth-order valence-corrected chi connectivity index (χ4v) is 5.60. The van der Waals surface area contributed by atoms with E-state index in [2.05, 4.69) is 30.3 Å². The molecule has 37 heavy (non-hydrogen) atoms. The lowest BCUT2D eigenvalue weighted by atomic mass is 9.85. The predicted octanol–water partition coefficient (Wildman–Crippen LogP) is 5.46. The number of benzene rings is 4. The Morgan fingerprint density at radius 3 is 2.27 bits per heavy atom. The van der Waals surface area contributed by atoms with Crippen LogP contribution in [0.3, 0.4) is 0 Å². The first-order valence-corrected chi connectivity index (χ1v) is 12.4. The van der Waals surface area contributed by atoms with Gasteiger partial charge in [0.1, 0.15) is 28.2 Å². The van der Waals surface area contributed by atoms with Crippen molar-refractivity contribution in [2.45, 2.75) is 18.4 Å². The number of rotatable bonds is 3. The van der Waals surface area contributed by atoms with Crippen LogP contribution < -0.4 is 5.43 Å². The number of aliphatic hydroxyl groups is 1. The fourth-order valence-electron chi connectivity index (χ4n) is 5.60. The van der Waals surface area contributed by atoms with Crippen LogP contribution >= 0.6 is 0 Å². The molecule has 0 bridgehead atoms. The van der Waals surface area contributed by atoms with Crippen LogP contribution in [0, 0.1) is 0 Å².